The van der Waals surface area contributed by atoms with E-state index >= 15 is 0 Å². The van der Waals surface area contributed by atoms with E-state index in [9.17, 15) is 4.79 Å². The topological polar surface area (TPSA) is 26.3 Å². The third-order valence-corrected chi connectivity index (χ3v) is 0.801. The van der Waals surface area contributed by atoms with Crippen molar-refractivity contribution in [2.24, 2.45) is 0 Å². The van der Waals surface area contributed by atoms with Gasteiger partial charge >= 0.3 is 5.97 Å². The summed E-state index contributed by atoms with van der Waals surface area (Å²) < 4.78 is 5.00. The van der Waals surface area contributed by atoms with Crippen molar-refractivity contribution in [3.05, 3.63) is 6.92 Å². The van der Waals surface area contributed by atoms with E-state index in [4.69, 9.17) is 4.74 Å². The van der Waals surface area contributed by atoms with Crippen molar-refractivity contribution in [3.8, 4) is 0 Å². The molecule has 0 aromatic heterocycles. The van der Waals surface area contributed by atoms with Gasteiger partial charge in [0.25, 0.3) is 0 Å². The number of ether oxygens (including phenoxy) is 1. The molecule has 12 heavy (non-hydrogen) atoms. The Morgan fingerprint density at radius 1 is 1.42 bits per heavy atom. The van der Waals surface area contributed by atoms with Crippen LogP contribution >= 0.6 is 24.0 Å². The van der Waals surface area contributed by atoms with Gasteiger partial charge in [-0.3, -0.25) is 4.79 Å². The minimum atomic E-state index is -0.355. The van der Waals surface area contributed by atoms with Crippen molar-refractivity contribution < 1.29 is 29.0 Å². The van der Waals surface area contributed by atoms with Crippen LogP contribution < -0.4 is 0 Å². The maximum atomic E-state index is 10.8. The number of esters is 1. The zero-order valence-electron chi connectivity index (χ0n) is 8.05. The van der Waals surface area contributed by atoms with E-state index in [-0.39, 0.29) is 55.0 Å². The standard InChI is InChI=1S/C8H15O2.HI.Zn/c1-5-6-7(9)10-8(2,3)4;;/h1,5-6H2,2-4H3;1H;/q-1;;. The Bertz CT molecular complexity index is 121. The van der Waals surface area contributed by atoms with Crippen molar-refractivity contribution >= 4 is 29.9 Å². The molecule has 0 rings (SSSR count). The average Bonchev–Trinajstić information content (AvgIpc) is 1.59. The summed E-state index contributed by atoms with van der Waals surface area (Å²) in [6.07, 6.45) is 1.02. The molecule has 0 spiro atoms. The quantitative estimate of drug-likeness (QED) is 0.335. The second kappa shape index (κ2) is 8.42. The first-order valence-corrected chi connectivity index (χ1v) is 3.47. The molecule has 0 aliphatic carbocycles. The van der Waals surface area contributed by atoms with Crippen LogP contribution in [0.1, 0.15) is 33.6 Å². The van der Waals surface area contributed by atoms with Crippen molar-refractivity contribution in [2.45, 2.75) is 39.2 Å². The van der Waals surface area contributed by atoms with Crippen LogP contribution in [0.25, 0.3) is 0 Å². The zero-order valence-corrected chi connectivity index (χ0v) is 13.4. The van der Waals surface area contributed by atoms with E-state index < -0.39 is 0 Å². The number of rotatable bonds is 2. The Balaban J connectivity index is -0.000000405. The predicted octanol–water partition coefficient (Wildman–Crippen LogP) is 2.56. The molecule has 0 saturated heterocycles. The van der Waals surface area contributed by atoms with Crippen LogP contribution in [0.3, 0.4) is 0 Å². The third kappa shape index (κ3) is 13.4. The van der Waals surface area contributed by atoms with Gasteiger partial charge in [-0.2, -0.15) is 6.42 Å². The van der Waals surface area contributed by atoms with Gasteiger partial charge in [-0.1, -0.05) is 0 Å². The fourth-order valence-corrected chi connectivity index (χ4v) is 0.537. The summed E-state index contributed by atoms with van der Waals surface area (Å²) in [6.45, 7) is 9.12. The molecule has 0 saturated carbocycles. The largest absolute Gasteiger partial charge is 0.460 e. The van der Waals surface area contributed by atoms with Gasteiger partial charge in [0.05, 0.1) is 0 Å². The zero-order chi connectivity index (χ0) is 8.20. The molecule has 0 heterocycles. The predicted molar refractivity (Wildman–Crippen MR) is 55.9 cm³/mol. The normalized spacial score (nSPS) is 9.33. The second-order valence-corrected chi connectivity index (χ2v) is 3.19. The summed E-state index contributed by atoms with van der Waals surface area (Å²) >= 11 is 0. The number of halogens is 1. The second-order valence-electron chi connectivity index (χ2n) is 3.19. The summed E-state index contributed by atoms with van der Waals surface area (Å²) in [5, 5.41) is 0. The summed E-state index contributed by atoms with van der Waals surface area (Å²) in [5.74, 6) is -0.164. The molecule has 0 amide bonds. The molecule has 0 bridgehead atoms. The van der Waals surface area contributed by atoms with Gasteiger partial charge in [-0.25, -0.2) is 0 Å². The smallest absolute Gasteiger partial charge is 0.303 e. The minimum Gasteiger partial charge on any atom is -0.460 e. The van der Waals surface area contributed by atoms with Crippen LogP contribution in [-0.2, 0) is 29.0 Å². The number of hydrogen-bond donors (Lipinski definition) is 0. The summed E-state index contributed by atoms with van der Waals surface area (Å²) in [4.78, 5) is 10.8. The van der Waals surface area contributed by atoms with Crippen LogP contribution in [0.4, 0.5) is 0 Å². The molecule has 0 aliphatic rings. The van der Waals surface area contributed by atoms with Gasteiger partial charge < -0.3 is 11.7 Å². The van der Waals surface area contributed by atoms with Crippen molar-refractivity contribution in [1.82, 2.24) is 0 Å². The van der Waals surface area contributed by atoms with Crippen LogP contribution in [0.5, 0.6) is 0 Å². The Morgan fingerprint density at radius 2 is 1.83 bits per heavy atom. The molecule has 0 aromatic carbocycles. The van der Waals surface area contributed by atoms with Gasteiger partial charge in [0.2, 0.25) is 0 Å². The minimum absolute atomic E-state index is 0. The number of carbonyl (C=O) groups is 1. The number of hydrogen-bond acceptors (Lipinski definition) is 2. The van der Waals surface area contributed by atoms with E-state index in [2.05, 4.69) is 6.92 Å². The maximum absolute atomic E-state index is 10.8. The molecule has 0 atom stereocenters. The first-order valence-electron chi connectivity index (χ1n) is 3.47. The van der Waals surface area contributed by atoms with Gasteiger partial charge in [-0.05, 0) is 20.8 Å². The van der Waals surface area contributed by atoms with E-state index in [0.717, 1.165) is 0 Å². The van der Waals surface area contributed by atoms with Crippen LogP contribution in [0.15, 0.2) is 0 Å². The molecule has 0 fully saturated rings. The van der Waals surface area contributed by atoms with Crippen molar-refractivity contribution in [2.75, 3.05) is 0 Å². The van der Waals surface area contributed by atoms with E-state index in [1.165, 1.54) is 0 Å². The third-order valence-electron chi connectivity index (χ3n) is 0.801. The Hall–Kier alpha value is 0.823. The fourth-order valence-electron chi connectivity index (χ4n) is 0.537. The SMILES string of the molecule is I.[CH2-]CCC(=O)OC(C)(C)C.[Zn]. The molecule has 0 aromatic rings. The van der Waals surface area contributed by atoms with Crippen LogP contribution in [-0.4, -0.2) is 11.6 Å². The van der Waals surface area contributed by atoms with Gasteiger partial charge in [0.15, 0.2) is 0 Å². The molecule has 0 aliphatic heterocycles. The van der Waals surface area contributed by atoms with E-state index in [0.29, 0.717) is 12.8 Å². The van der Waals surface area contributed by atoms with Gasteiger partial charge in [-0.15, -0.1) is 24.0 Å². The molecular weight excluding hydrogens is 320 g/mol. The first-order chi connectivity index (χ1) is 4.45. The summed E-state index contributed by atoms with van der Waals surface area (Å²) in [5.41, 5.74) is -0.355. The summed E-state index contributed by atoms with van der Waals surface area (Å²) in [7, 11) is 0. The Labute approximate surface area is 105 Å². The molecular formula is C8H16IO2Zn-. The van der Waals surface area contributed by atoms with Crippen molar-refractivity contribution in [3.63, 3.8) is 0 Å². The van der Waals surface area contributed by atoms with Gasteiger partial charge in [0, 0.05) is 25.9 Å². The monoisotopic (exact) mass is 335 g/mol. The molecule has 70 valence electrons. The molecule has 4 heteroatoms. The first kappa shape index (κ1) is 18.6. The van der Waals surface area contributed by atoms with Crippen LogP contribution in [0.2, 0.25) is 0 Å². The van der Waals surface area contributed by atoms with E-state index in [1.54, 1.807) is 0 Å². The Kier molecular flexibility index (Phi) is 13.0. The summed E-state index contributed by atoms with van der Waals surface area (Å²) in [6, 6.07) is 0. The van der Waals surface area contributed by atoms with Crippen molar-refractivity contribution in [1.29, 1.82) is 0 Å². The maximum Gasteiger partial charge on any atom is 0.303 e. The Morgan fingerprint density at radius 3 is 2.08 bits per heavy atom. The molecule has 2 nitrogen and oxygen atoms in total. The number of carbonyl (C=O) groups excluding carboxylic acids is 1. The fraction of sp³-hybridized carbons (Fsp3) is 0.750. The van der Waals surface area contributed by atoms with Crippen LogP contribution in [0, 0.1) is 6.92 Å². The molecule has 0 N–H and O–H groups in total. The molecule has 0 unspecified atom stereocenters. The van der Waals surface area contributed by atoms with E-state index in [1.807, 2.05) is 20.8 Å². The molecule has 0 radical (unpaired) electrons. The van der Waals surface area contributed by atoms with Gasteiger partial charge in [0.1, 0.15) is 5.60 Å². The average molecular weight is 337 g/mol.